The van der Waals surface area contributed by atoms with Crippen LogP contribution in [0.25, 0.3) is 16.4 Å². The minimum atomic E-state index is -0.0305. The average Bonchev–Trinajstić information content (AvgIpc) is 3.05. The van der Waals surface area contributed by atoms with Gasteiger partial charge in [0.1, 0.15) is 0 Å². The Balaban J connectivity index is 0.00000245. The number of benzene rings is 3. The summed E-state index contributed by atoms with van der Waals surface area (Å²) in [6, 6.07) is 23.7. The summed E-state index contributed by atoms with van der Waals surface area (Å²) < 4.78 is 0. The van der Waals surface area contributed by atoms with Crippen molar-refractivity contribution in [3.8, 4) is 11.1 Å². The number of hydrogen-bond donors (Lipinski definition) is 0. The van der Waals surface area contributed by atoms with E-state index < -0.39 is 0 Å². The molecule has 1 unspecified atom stereocenters. The Labute approximate surface area is 206 Å². The Morgan fingerprint density at radius 1 is 0.812 bits per heavy atom. The summed E-state index contributed by atoms with van der Waals surface area (Å²) >= 11 is 0. The molecule has 0 bridgehead atoms. The fraction of sp³-hybridized carbons (Fsp3) is 0.379. The molecule has 0 N–H and O–H groups in total. The van der Waals surface area contributed by atoms with Gasteiger partial charge in [0.25, 0.3) is 0 Å². The molecule has 1 atom stereocenters. The molecule has 0 fully saturated rings. The molecular formula is C29H32IrN2-2. The van der Waals surface area contributed by atoms with Crippen molar-refractivity contribution in [2.75, 3.05) is 4.90 Å². The molecule has 2 nitrogen and oxygen atoms in total. The molecule has 0 saturated heterocycles. The second-order valence-corrected chi connectivity index (χ2v) is 11.5. The number of nitrogens with zero attached hydrogens (tertiary/aromatic N) is 2. The standard InChI is InChI=1S/C29H32N2.Ir/c1-28(2,3)17-19-12-14-25-23(15-19)21-9-7-8-10-22(21)27-30-24-13-11-20(18-29(4,5)6)16-26(24)31(25)27;/h7-9,11-16,27H,17-18H2,1-6H3;/q-2;. The summed E-state index contributed by atoms with van der Waals surface area (Å²) in [7, 11) is 0. The molecule has 0 saturated carbocycles. The van der Waals surface area contributed by atoms with Crippen molar-refractivity contribution in [3.63, 3.8) is 0 Å². The fourth-order valence-corrected chi connectivity index (χ4v) is 5.00. The molecule has 2 heterocycles. The zero-order valence-electron chi connectivity index (χ0n) is 19.9. The fourth-order valence-electron chi connectivity index (χ4n) is 5.00. The summed E-state index contributed by atoms with van der Waals surface area (Å²) in [5.41, 5.74) is 10.6. The monoisotopic (exact) mass is 601 g/mol. The van der Waals surface area contributed by atoms with Crippen LogP contribution in [-0.4, -0.2) is 0 Å². The van der Waals surface area contributed by atoms with Gasteiger partial charge in [0.15, 0.2) is 0 Å². The summed E-state index contributed by atoms with van der Waals surface area (Å²) in [5, 5.41) is 5.13. The number of fused-ring (bicyclic) bond motifs is 8. The van der Waals surface area contributed by atoms with Gasteiger partial charge in [0.05, 0.1) is 0 Å². The first-order chi connectivity index (χ1) is 14.6. The van der Waals surface area contributed by atoms with Gasteiger partial charge >= 0.3 is 0 Å². The van der Waals surface area contributed by atoms with Gasteiger partial charge in [-0.15, -0.1) is 16.8 Å². The molecule has 0 amide bonds. The molecule has 2 aliphatic heterocycles. The Bertz CT molecular complexity index is 1150. The largest absolute Gasteiger partial charge is 0.661 e. The van der Waals surface area contributed by atoms with Crippen LogP contribution >= 0.6 is 0 Å². The van der Waals surface area contributed by atoms with Crippen LogP contribution in [0.15, 0.2) is 54.6 Å². The van der Waals surface area contributed by atoms with Crippen molar-refractivity contribution < 1.29 is 20.1 Å². The molecule has 0 aromatic heterocycles. The van der Waals surface area contributed by atoms with E-state index in [4.69, 9.17) is 5.32 Å². The number of hydrogen-bond acceptors (Lipinski definition) is 1. The topological polar surface area (TPSA) is 17.3 Å². The Kier molecular flexibility index (Phi) is 5.80. The molecule has 32 heavy (non-hydrogen) atoms. The van der Waals surface area contributed by atoms with Gasteiger partial charge in [-0.25, -0.2) is 0 Å². The van der Waals surface area contributed by atoms with Gasteiger partial charge in [-0.3, -0.25) is 0 Å². The molecule has 0 aliphatic carbocycles. The van der Waals surface area contributed by atoms with Crippen LogP contribution in [0.2, 0.25) is 0 Å². The summed E-state index contributed by atoms with van der Waals surface area (Å²) in [4.78, 5) is 2.43. The first-order valence-corrected chi connectivity index (χ1v) is 11.4. The van der Waals surface area contributed by atoms with E-state index in [0.717, 1.165) is 18.5 Å². The van der Waals surface area contributed by atoms with Crippen LogP contribution in [0.5, 0.6) is 0 Å². The molecule has 3 aromatic rings. The normalized spacial score (nSPS) is 16.3. The maximum Gasteiger partial charge on any atom is 0.0356 e. The zero-order chi connectivity index (χ0) is 22.0. The number of rotatable bonds is 2. The van der Waals surface area contributed by atoms with Crippen molar-refractivity contribution >= 4 is 17.1 Å². The first-order valence-electron chi connectivity index (χ1n) is 11.4. The van der Waals surface area contributed by atoms with Crippen molar-refractivity contribution in [3.05, 3.63) is 82.7 Å². The molecule has 2 aliphatic rings. The molecule has 1 radical (unpaired) electrons. The maximum atomic E-state index is 5.13. The van der Waals surface area contributed by atoms with Gasteiger partial charge in [-0.1, -0.05) is 65.8 Å². The Morgan fingerprint density at radius 2 is 1.47 bits per heavy atom. The van der Waals surface area contributed by atoms with E-state index in [-0.39, 0.29) is 37.1 Å². The van der Waals surface area contributed by atoms with Crippen LogP contribution in [0, 0.1) is 16.9 Å². The van der Waals surface area contributed by atoms with Crippen molar-refractivity contribution in [1.29, 1.82) is 0 Å². The van der Waals surface area contributed by atoms with E-state index in [1.165, 1.54) is 39.2 Å². The second kappa shape index (κ2) is 8.04. The molecular weight excluding hydrogens is 569 g/mol. The average molecular weight is 601 g/mol. The molecule has 169 valence electrons. The van der Waals surface area contributed by atoms with Gasteiger partial charge in [-0.05, 0) is 58.7 Å². The third-order valence-electron chi connectivity index (χ3n) is 6.03. The summed E-state index contributed by atoms with van der Waals surface area (Å²) in [6.07, 6.45) is 2.09. The van der Waals surface area contributed by atoms with E-state index in [1.807, 2.05) is 6.07 Å². The smallest absolute Gasteiger partial charge is 0.0356 e. The van der Waals surface area contributed by atoms with Crippen LogP contribution in [0.4, 0.5) is 17.1 Å². The third kappa shape index (κ3) is 4.26. The minimum absolute atomic E-state index is 0. The van der Waals surface area contributed by atoms with Crippen LogP contribution in [0.1, 0.15) is 64.4 Å². The molecule has 3 heteroatoms. The van der Waals surface area contributed by atoms with Crippen LogP contribution in [0.3, 0.4) is 0 Å². The van der Waals surface area contributed by atoms with Gasteiger partial charge in [-0.2, -0.15) is 24.3 Å². The quantitative estimate of drug-likeness (QED) is 0.270. The van der Waals surface area contributed by atoms with E-state index >= 15 is 0 Å². The third-order valence-corrected chi connectivity index (χ3v) is 6.03. The van der Waals surface area contributed by atoms with Crippen molar-refractivity contribution in [2.24, 2.45) is 10.8 Å². The minimum Gasteiger partial charge on any atom is -0.661 e. The maximum absolute atomic E-state index is 5.13. The zero-order valence-corrected chi connectivity index (χ0v) is 22.3. The number of anilines is 2. The summed E-state index contributed by atoms with van der Waals surface area (Å²) in [5.74, 6) is 0. The van der Waals surface area contributed by atoms with E-state index in [1.54, 1.807) is 0 Å². The second-order valence-electron chi connectivity index (χ2n) is 11.5. The molecule has 0 spiro atoms. The van der Waals surface area contributed by atoms with Gasteiger partial charge in [0, 0.05) is 31.5 Å². The predicted molar refractivity (Wildman–Crippen MR) is 131 cm³/mol. The SMILES string of the molecule is CC(C)(C)Cc1ccc2c(c1)-c1ccc[c-]c1C1[N-]c3ccc(CC(C)(C)C)cc3N21.[Ir]. The van der Waals surface area contributed by atoms with E-state index in [9.17, 15) is 0 Å². The van der Waals surface area contributed by atoms with E-state index in [2.05, 4.69) is 101 Å². The Morgan fingerprint density at radius 3 is 2.16 bits per heavy atom. The van der Waals surface area contributed by atoms with Crippen molar-refractivity contribution in [2.45, 2.75) is 60.5 Å². The van der Waals surface area contributed by atoms with Gasteiger partial charge < -0.3 is 10.2 Å². The molecule has 3 aromatic carbocycles. The first kappa shape index (κ1) is 23.1. The predicted octanol–water partition coefficient (Wildman–Crippen LogP) is 8.50. The van der Waals surface area contributed by atoms with E-state index in [0.29, 0.717) is 0 Å². The Hall–Kier alpha value is -2.09. The van der Waals surface area contributed by atoms with Crippen molar-refractivity contribution in [1.82, 2.24) is 0 Å². The molecule has 5 rings (SSSR count). The summed E-state index contributed by atoms with van der Waals surface area (Å²) in [6.45, 7) is 13.8. The van der Waals surface area contributed by atoms with Crippen LogP contribution in [-0.2, 0) is 32.9 Å². The van der Waals surface area contributed by atoms with Gasteiger partial charge in [0.2, 0.25) is 0 Å². The van der Waals surface area contributed by atoms with Crippen LogP contribution < -0.4 is 4.90 Å².